The summed E-state index contributed by atoms with van der Waals surface area (Å²) in [5, 5.41) is 11.5. The maximum absolute atomic E-state index is 12.3. The van der Waals surface area contributed by atoms with Crippen molar-refractivity contribution < 1.29 is 28.9 Å². The predicted octanol–water partition coefficient (Wildman–Crippen LogP) is 2.64. The summed E-state index contributed by atoms with van der Waals surface area (Å²) in [6, 6.07) is 13.9. The standard InChI is InChI=1S/C21H23NO6/c23-20(24)14-28-18-4-1-3-15(11-18)12-22-21(25)16-6-8-17(9-7-16)27-13-19-5-2-10-26-19/h1,3-4,6-9,11,19H,2,5,10,12-14H2,(H,22,25)(H,23,24). The SMILES string of the molecule is O=C(O)COc1cccc(CNC(=O)c2ccc(OCC3CCCO3)cc2)c1. The fourth-order valence-electron chi connectivity index (χ4n) is 2.84. The smallest absolute Gasteiger partial charge is 0.341 e. The molecule has 0 aromatic heterocycles. The highest BCUT2D eigenvalue weighted by Crippen LogP contribution is 2.17. The van der Waals surface area contributed by atoms with E-state index >= 15 is 0 Å². The molecule has 1 fully saturated rings. The molecule has 28 heavy (non-hydrogen) atoms. The Morgan fingerprint density at radius 1 is 1.11 bits per heavy atom. The second kappa shape index (κ2) is 9.75. The van der Waals surface area contributed by atoms with Gasteiger partial charge in [0.15, 0.2) is 6.61 Å². The van der Waals surface area contributed by atoms with Crippen LogP contribution in [0.5, 0.6) is 11.5 Å². The molecule has 1 saturated heterocycles. The van der Waals surface area contributed by atoms with E-state index in [1.165, 1.54) is 0 Å². The summed E-state index contributed by atoms with van der Waals surface area (Å²) in [6.45, 7) is 1.21. The van der Waals surface area contributed by atoms with Crippen molar-refractivity contribution >= 4 is 11.9 Å². The molecule has 1 amide bonds. The molecule has 0 aliphatic carbocycles. The van der Waals surface area contributed by atoms with Crippen molar-refractivity contribution in [2.75, 3.05) is 19.8 Å². The minimum atomic E-state index is -1.04. The maximum Gasteiger partial charge on any atom is 0.341 e. The molecule has 2 aromatic rings. The molecule has 148 valence electrons. The van der Waals surface area contributed by atoms with E-state index in [4.69, 9.17) is 19.3 Å². The lowest BCUT2D eigenvalue weighted by molar-refractivity contribution is -0.139. The zero-order valence-electron chi connectivity index (χ0n) is 15.4. The quantitative estimate of drug-likeness (QED) is 0.689. The predicted molar refractivity (Wildman–Crippen MR) is 102 cm³/mol. The zero-order valence-corrected chi connectivity index (χ0v) is 15.4. The van der Waals surface area contributed by atoms with E-state index in [2.05, 4.69) is 5.32 Å². The van der Waals surface area contributed by atoms with Gasteiger partial charge < -0.3 is 24.6 Å². The lowest BCUT2D eigenvalue weighted by Crippen LogP contribution is -2.22. The molecule has 0 spiro atoms. The largest absolute Gasteiger partial charge is 0.491 e. The van der Waals surface area contributed by atoms with Gasteiger partial charge in [-0.15, -0.1) is 0 Å². The molecule has 1 heterocycles. The summed E-state index contributed by atoms with van der Waals surface area (Å²) in [4.78, 5) is 22.9. The second-order valence-corrected chi connectivity index (χ2v) is 6.48. The highest BCUT2D eigenvalue weighted by molar-refractivity contribution is 5.94. The first kappa shape index (κ1) is 19.7. The third kappa shape index (κ3) is 5.99. The molecule has 1 atom stereocenters. The van der Waals surface area contributed by atoms with E-state index < -0.39 is 12.6 Å². The third-order valence-corrected chi connectivity index (χ3v) is 4.29. The summed E-state index contributed by atoms with van der Waals surface area (Å²) in [5.41, 5.74) is 1.34. The molecular formula is C21H23NO6. The summed E-state index contributed by atoms with van der Waals surface area (Å²) in [6.07, 6.45) is 2.24. The molecule has 7 heteroatoms. The Morgan fingerprint density at radius 2 is 1.93 bits per heavy atom. The van der Waals surface area contributed by atoms with E-state index in [9.17, 15) is 9.59 Å². The fourth-order valence-corrected chi connectivity index (χ4v) is 2.84. The number of hydrogen-bond donors (Lipinski definition) is 2. The van der Waals surface area contributed by atoms with Crippen LogP contribution in [0, 0.1) is 0 Å². The normalized spacial score (nSPS) is 15.8. The van der Waals surface area contributed by atoms with E-state index in [-0.39, 0.29) is 12.0 Å². The first-order chi connectivity index (χ1) is 13.6. The topological polar surface area (TPSA) is 94.1 Å². The Kier molecular flexibility index (Phi) is 6.86. The minimum absolute atomic E-state index is 0.151. The van der Waals surface area contributed by atoms with Crippen molar-refractivity contribution in [3.8, 4) is 11.5 Å². The van der Waals surface area contributed by atoms with Gasteiger partial charge in [-0.3, -0.25) is 4.79 Å². The Bertz CT molecular complexity index is 799. The number of carbonyl (C=O) groups excluding carboxylic acids is 1. The lowest BCUT2D eigenvalue weighted by atomic mass is 10.2. The van der Waals surface area contributed by atoms with Gasteiger partial charge in [-0.2, -0.15) is 0 Å². The van der Waals surface area contributed by atoms with Gasteiger partial charge in [0.05, 0.1) is 6.10 Å². The van der Waals surface area contributed by atoms with Crippen LogP contribution in [0.1, 0.15) is 28.8 Å². The Hall–Kier alpha value is -3.06. The van der Waals surface area contributed by atoms with Gasteiger partial charge in [0.25, 0.3) is 5.91 Å². The molecule has 0 radical (unpaired) electrons. The highest BCUT2D eigenvalue weighted by atomic mass is 16.5. The molecule has 1 aliphatic rings. The molecule has 3 rings (SSSR count). The average molecular weight is 385 g/mol. The maximum atomic E-state index is 12.3. The van der Waals surface area contributed by atoms with E-state index in [1.807, 2.05) is 6.07 Å². The molecular weight excluding hydrogens is 362 g/mol. The first-order valence-electron chi connectivity index (χ1n) is 9.16. The van der Waals surface area contributed by atoms with E-state index in [0.29, 0.717) is 30.2 Å². The summed E-state index contributed by atoms with van der Waals surface area (Å²) >= 11 is 0. The molecule has 2 aromatic carbocycles. The van der Waals surface area contributed by atoms with E-state index in [1.54, 1.807) is 42.5 Å². The van der Waals surface area contributed by atoms with Crippen LogP contribution in [0.2, 0.25) is 0 Å². The van der Waals surface area contributed by atoms with Crippen molar-refractivity contribution in [2.45, 2.75) is 25.5 Å². The molecule has 0 saturated carbocycles. The monoisotopic (exact) mass is 385 g/mol. The van der Waals surface area contributed by atoms with Crippen LogP contribution in [0.4, 0.5) is 0 Å². The number of carbonyl (C=O) groups is 2. The van der Waals surface area contributed by atoms with Crippen LogP contribution in [0.25, 0.3) is 0 Å². The number of amides is 1. The van der Waals surface area contributed by atoms with Crippen LogP contribution in [0.3, 0.4) is 0 Å². The highest BCUT2D eigenvalue weighted by Gasteiger charge is 2.16. The summed E-state index contributed by atoms with van der Waals surface area (Å²) in [5.74, 6) is -0.0957. The van der Waals surface area contributed by atoms with E-state index in [0.717, 1.165) is 25.0 Å². The van der Waals surface area contributed by atoms with Crippen molar-refractivity contribution in [3.05, 3.63) is 59.7 Å². The van der Waals surface area contributed by atoms with Gasteiger partial charge in [0.2, 0.25) is 0 Å². The Labute approximate surface area is 163 Å². The number of hydrogen-bond acceptors (Lipinski definition) is 5. The van der Waals surface area contributed by atoms with Crippen LogP contribution in [0.15, 0.2) is 48.5 Å². The number of ether oxygens (including phenoxy) is 3. The van der Waals surface area contributed by atoms with Gasteiger partial charge in [-0.05, 0) is 54.8 Å². The molecule has 1 aliphatic heterocycles. The van der Waals surface area contributed by atoms with Crippen molar-refractivity contribution in [3.63, 3.8) is 0 Å². The number of carboxylic acids is 1. The zero-order chi connectivity index (χ0) is 19.8. The minimum Gasteiger partial charge on any atom is -0.491 e. The number of aliphatic carboxylic acids is 1. The van der Waals surface area contributed by atoms with Crippen LogP contribution in [-0.2, 0) is 16.1 Å². The molecule has 0 bridgehead atoms. The number of nitrogens with one attached hydrogen (secondary N) is 1. The number of carboxylic acid groups (broad SMARTS) is 1. The molecule has 2 N–H and O–H groups in total. The van der Waals surface area contributed by atoms with Crippen LogP contribution >= 0.6 is 0 Å². The van der Waals surface area contributed by atoms with Crippen molar-refractivity contribution in [1.29, 1.82) is 0 Å². The van der Waals surface area contributed by atoms with Gasteiger partial charge in [-0.25, -0.2) is 4.79 Å². The van der Waals surface area contributed by atoms with Crippen LogP contribution in [-0.4, -0.2) is 42.9 Å². The second-order valence-electron chi connectivity index (χ2n) is 6.48. The van der Waals surface area contributed by atoms with Crippen molar-refractivity contribution in [1.82, 2.24) is 5.32 Å². The number of rotatable bonds is 9. The molecule has 7 nitrogen and oxygen atoms in total. The lowest BCUT2D eigenvalue weighted by Gasteiger charge is -2.12. The van der Waals surface area contributed by atoms with Gasteiger partial charge in [0, 0.05) is 18.7 Å². The van der Waals surface area contributed by atoms with Gasteiger partial charge in [-0.1, -0.05) is 12.1 Å². The third-order valence-electron chi connectivity index (χ3n) is 4.29. The van der Waals surface area contributed by atoms with Gasteiger partial charge in [0.1, 0.15) is 18.1 Å². The van der Waals surface area contributed by atoms with Crippen molar-refractivity contribution in [2.24, 2.45) is 0 Å². The summed E-state index contributed by atoms with van der Waals surface area (Å²) < 4.78 is 16.4. The fraction of sp³-hybridized carbons (Fsp3) is 0.333. The number of benzene rings is 2. The average Bonchev–Trinajstić information content (AvgIpc) is 3.23. The Balaban J connectivity index is 1.47. The summed E-state index contributed by atoms with van der Waals surface area (Å²) in [7, 11) is 0. The van der Waals surface area contributed by atoms with Gasteiger partial charge >= 0.3 is 5.97 Å². The molecule has 1 unspecified atom stereocenters. The van der Waals surface area contributed by atoms with Crippen LogP contribution < -0.4 is 14.8 Å². The Morgan fingerprint density at radius 3 is 2.64 bits per heavy atom. The first-order valence-corrected chi connectivity index (χ1v) is 9.16.